The maximum atomic E-state index is 12.5. The number of carbonyl (C=O) groups is 1. The molecule has 35 heavy (non-hydrogen) atoms. The lowest BCUT2D eigenvalue weighted by Gasteiger charge is -2.05. The van der Waals surface area contributed by atoms with E-state index >= 15 is 0 Å². The van der Waals surface area contributed by atoms with Crippen LogP contribution >= 0.6 is 0 Å². The second-order valence-corrected chi connectivity index (χ2v) is 7.63. The van der Waals surface area contributed by atoms with Crippen LogP contribution in [0.25, 0.3) is 12.2 Å². The highest BCUT2D eigenvalue weighted by molar-refractivity contribution is 6.02. The van der Waals surface area contributed by atoms with Crippen LogP contribution in [0.3, 0.4) is 0 Å². The monoisotopic (exact) mass is 479 g/mol. The van der Waals surface area contributed by atoms with Gasteiger partial charge in [0, 0.05) is 24.5 Å². The number of hydrogen-bond acceptors (Lipinski definition) is 6. The molecular formula is C25H23F2N5O3. The molecule has 0 aliphatic rings. The Morgan fingerprint density at radius 3 is 2.60 bits per heavy atom. The van der Waals surface area contributed by atoms with Crippen molar-refractivity contribution in [1.82, 2.24) is 20.0 Å². The highest BCUT2D eigenvalue weighted by Gasteiger charge is 2.11. The number of aryl methyl sites for hydroxylation is 2. The van der Waals surface area contributed by atoms with Crippen molar-refractivity contribution in [2.75, 3.05) is 5.32 Å². The van der Waals surface area contributed by atoms with Crippen molar-refractivity contribution >= 4 is 23.7 Å². The number of nitrogens with zero attached hydrogens (tertiary/aromatic N) is 4. The van der Waals surface area contributed by atoms with Gasteiger partial charge in [0.25, 0.3) is 5.91 Å². The molecule has 0 unspecified atom stereocenters. The zero-order valence-electron chi connectivity index (χ0n) is 18.7. The van der Waals surface area contributed by atoms with Crippen LogP contribution in [-0.2, 0) is 13.0 Å². The predicted octanol–water partition coefficient (Wildman–Crippen LogP) is 5.31. The van der Waals surface area contributed by atoms with Crippen molar-refractivity contribution in [2.24, 2.45) is 0 Å². The number of benzene rings is 2. The van der Waals surface area contributed by atoms with Crippen LogP contribution in [0.1, 0.15) is 40.3 Å². The summed E-state index contributed by atoms with van der Waals surface area (Å²) in [4.78, 5) is 16.7. The standard InChI is InChI=1S/C25H23F2N5O3/c26-25(27)35-21-11-6-19(7-12-21)8-13-23-30-22(17-34-23)24(33)29-20-9-4-18(5-10-20)3-1-2-15-32-16-14-28-31-32/h4-14,16-17,25H,1-3,15H2,(H,29,33)/b13-8+. The molecule has 0 bridgehead atoms. The third kappa shape index (κ3) is 7.32. The highest BCUT2D eigenvalue weighted by Crippen LogP contribution is 2.17. The number of halogens is 2. The Labute approximate surface area is 200 Å². The minimum atomic E-state index is -2.87. The van der Waals surface area contributed by atoms with E-state index < -0.39 is 6.61 Å². The van der Waals surface area contributed by atoms with E-state index in [4.69, 9.17) is 4.42 Å². The summed E-state index contributed by atoms with van der Waals surface area (Å²) >= 11 is 0. The number of oxazole rings is 1. The Bertz CT molecular complexity index is 1240. The molecule has 1 N–H and O–H groups in total. The van der Waals surface area contributed by atoms with Crippen LogP contribution in [0.5, 0.6) is 5.75 Å². The normalized spacial score (nSPS) is 11.3. The van der Waals surface area contributed by atoms with Gasteiger partial charge in [-0.2, -0.15) is 8.78 Å². The molecular weight excluding hydrogens is 456 g/mol. The molecule has 180 valence electrons. The van der Waals surface area contributed by atoms with Gasteiger partial charge >= 0.3 is 6.61 Å². The molecule has 10 heteroatoms. The molecule has 0 atom stereocenters. The molecule has 0 radical (unpaired) electrons. The summed E-state index contributed by atoms with van der Waals surface area (Å²) in [6, 6.07) is 13.8. The molecule has 0 aliphatic heterocycles. The fourth-order valence-corrected chi connectivity index (χ4v) is 3.30. The third-order valence-corrected chi connectivity index (χ3v) is 5.06. The topological polar surface area (TPSA) is 95.1 Å². The Kier molecular flexibility index (Phi) is 7.95. The predicted molar refractivity (Wildman–Crippen MR) is 126 cm³/mol. The second kappa shape index (κ2) is 11.7. The van der Waals surface area contributed by atoms with Crippen molar-refractivity contribution in [1.29, 1.82) is 0 Å². The Morgan fingerprint density at radius 1 is 1.09 bits per heavy atom. The van der Waals surface area contributed by atoms with Gasteiger partial charge in [-0.3, -0.25) is 9.48 Å². The van der Waals surface area contributed by atoms with Crippen LogP contribution in [0, 0.1) is 0 Å². The fraction of sp³-hybridized carbons (Fsp3) is 0.200. The molecule has 0 spiro atoms. The van der Waals surface area contributed by atoms with E-state index in [1.807, 2.05) is 35.1 Å². The Balaban J connectivity index is 1.24. The van der Waals surface area contributed by atoms with E-state index in [0.717, 1.165) is 31.4 Å². The molecule has 4 rings (SSSR count). The number of unbranched alkanes of at least 4 members (excludes halogenated alkanes) is 1. The molecule has 2 aromatic heterocycles. The molecule has 1 amide bonds. The van der Waals surface area contributed by atoms with Crippen LogP contribution in [0.4, 0.5) is 14.5 Å². The van der Waals surface area contributed by atoms with Crippen LogP contribution in [0.2, 0.25) is 0 Å². The number of nitrogens with one attached hydrogen (secondary N) is 1. The quantitative estimate of drug-likeness (QED) is 0.293. The van der Waals surface area contributed by atoms with Crippen LogP contribution in [0.15, 0.2) is 71.6 Å². The van der Waals surface area contributed by atoms with Gasteiger partial charge in [-0.15, -0.1) is 5.10 Å². The van der Waals surface area contributed by atoms with E-state index in [1.165, 1.54) is 24.0 Å². The van der Waals surface area contributed by atoms with E-state index in [9.17, 15) is 13.6 Å². The van der Waals surface area contributed by atoms with Crippen LogP contribution in [-0.4, -0.2) is 32.5 Å². The van der Waals surface area contributed by atoms with Crippen molar-refractivity contribution in [2.45, 2.75) is 32.4 Å². The van der Waals surface area contributed by atoms with Crippen molar-refractivity contribution in [3.05, 3.63) is 89.9 Å². The van der Waals surface area contributed by atoms with Crippen molar-refractivity contribution in [3.8, 4) is 5.75 Å². The number of anilines is 1. The minimum Gasteiger partial charge on any atom is -0.444 e. The van der Waals surface area contributed by atoms with Gasteiger partial charge in [0.2, 0.25) is 5.89 Å². The summed E-state index contributed by atoms with van der Waals surface area (Å²) in [7, 11) is 0. The maximum Gasteiger partial charge on any atom is 0.387 e. The largest absolute Gasteiger partial charge is 0.444 e. The zero-order valence-corrected chi connectivity index (χ0v) is 18.7. The summed E-state index contributed by atoms with van der Waals surface area (Å²) in [5.74, 6) is -0.0739. The summed E-state index contributed by atoms with van der Waals surface area (Å²) in [5, 5.41) is 10.5. The lowest BCUT2D eigenvalue weighted by molar-refractivity contribution is -0.0498. The van der Waals surface area contributed by atoms with Crippen molar-refractivity contribution < 1.29 is 22.7 Å². The van der Waals surface area contributed by atoms with Gasteiger partial charge in [0.05, 0.1) is 6.20 Å². The highest BCUT2D eigenvalue weighted by atomic mass is 19.3. The molecule has 8 nitrogen and oxygen atoms in total. The molecule has 2 aromatic carbocycles. The summed E-state index contributed by atoms with van der Waals surface area (Å²) in [6.07, 6.45) is 11.0. The number of alkyl halides is 2. The average Bonchev–Trinajstić information content (AvgIpc) is 3.55. The van der Waals surface area contributed by atoms with E-state index in [0.29, 0.717) is 5.69 Å². The van der Waals surface area contributed by atoms with E-state index in [2.05, 4.69) is 25.3 Å². The number of ether oxygens (including phenoxy) is 1. The second-order valence-electron chi connectivity index (χ2n) is 7.63. The summed E-state index contributed by atoms with van der Waals surface area (Å²) in [6.45, 7) is -2.03. The minimum absolute atomic E-state index is 0.0726. The zero-order chi connectivity index (χ0) is 24.5. The fourth-order valence-electron chi connectivity index (χ4n) is 3.30. The molecule has 4 aromatic rings. The first-order chi connectivity index (χ1) is 17.0. The lowest BCUT2D eigenvalue weighted by Crippen LogP contribution is -2.12. The maximum absolute atomic E-state index is 12.5. The molecule has 0 fully saturated rings. The van der Waals surface area contributed by atoms with Gasteiger partial charge in [-0.05, 0) is 60.7 Å². The van der Waals surface area contributed by atoms with Gasteiger partial charge in [0.15, 0.2) is 5.69 Å². The average molecular weight is 479 g/mol. The van der Waals surface area contributed by atoms with Crippen molar-refractivity contribution in [3.63, 3.8) is 0 Å². The SMILES string of the molecule is O=C(Nc1ccc(CCCCn2ccnn2)cc1)c1coc(/C=C/c2ccc(OC(F)F)cc2)n1. The number of hydrogen-bond donors (Lipinski definition) is 1. The summed E-state index contributed by atoms with van der Waals surface area (Å²) < 4.78 is 35.9. The summed E-state index contributed by atoms with van der Waals surface area (Å²) in [5.41, 5.74) is 2.72. The first kappa shape index (κ1) is 23.8. The number of rotatable bonds is 11. The molecule has 0 aliphatic carbocycles. The third-order valence-electron chi connectivity index (χ3n) is 5.06. The van der Waals surface area contributed by atoms with Gasteiger partial charge in [-0.1, -0.05) is 29.5 Å². The Hall–Kier alpha value is -4.34. The Morgan fingerprint density at radius 2 is 1.89 bits per heavy atom. The van der Waals surface area contributed by atoms with Gasteiger partial charge in [-0.25, -0.2) is 4.98 Å². The first-order valence-electron chi connectivity index (χ1n) is 11.0. The smallest absolute Gasteiger partial charge is 0.387 e. The van der Waals surface area contributed by atoms with Crippen LogP contribution < -0.4 is 10.1 Å². The van der Waals surface area contributed by atoms with E-state index in [-0.39, 0.29) is 23.2 Å². The molecule has 0 saturated heterocycles. The van der Waals surface area contributed by atoms with E-state index in [1.54, 1.807) is 30.5 Å². The van der Waals surface area contributed by atoms with Gasteiger partial charge < -0.3 is 14.5 Å². The number of carbonyl (C=O) groups excluding carboxylic acids is 1. The molecule has 2 heterocycles. The first-order valence-corrected chi connectivity index (χ1v) is 11.0. The lowest BCUT2D eigenvalue weighted by atomic mass is 10.1. The number of aromatic nitrogens is 4. The van der Waals surface area contributed by atoms with Gasteiger partial charge in [0.1, 0.15) is 12.0 Å². The number of amides is 1. The molecule has 0 saturated carbocycles.